The summed E-state index contributed by atoms with van der Waals surface area (Å²) < 4.78 is 12.6. The molecule has 25 heavy (non-hydrogen) atoms. The maximum Gasteiger partial charge on any atom is 0.346 e. The van der Waals surface area contributed by atoms with Gasteiger partial charge in [-0.05, 0) is 24.3 Å². The quantitative estimate of drug-likeness (QED) is 0.391. The van der Waals surface area contributed by atoms with Gasteiger partial charge < -0.3 is 13.6 Å². The van der Waals surface area contributed by atoms with Crippen molar-refractivity contribution in [3.05, 3.63) is 70.8 Å². The van der Waals surface area contributed by atoms with E-state index in [0.29, 0.717) is 22.3 Å². The summed E-state index contributed by atoms with van der Waals surface area (Å²) in [5.41, 5.74) is 1.44. The van der Waals surface area contributed by atoms with E-state index < -0.39 is 23.9 Å². The highest BCUT2D eigenvalue weighted by molar-refractivity contribution is 6.15. The van der Waals surface area contributed by atoms with Crippen LogP contribution in [0.1, 0.15) is 41.4 Å². The number of ether oxygens (including phenoxy) is 2. The maximum atomic E-state index is 10.8. The number of rotatable bonds is 0. The van der Waals surface area contributed by atoms with Crippen molar-refractivity contribution in [3.63, 3.8) is 0 Å². The fraction of sp³-hybridized carbons (Fsp3) is 0. The van der Waals surface area contributed by atoms with Gasteiger partial charge in [-0.25, -0.2) is 19.2 Å². The Morgan fingerprint density at radius 2 is 0.760 bits per heavy atom. The van der Waals surface area contributed by atoms with Crippen molar-refractivity contribution in [2.75, 3.05) is 0 Å². The first-order chi connectivity index (χ1) is 12.0. The Morgan fingerprint density at radius 3 is 0.960 bits per heavy atom. The predicted molar refractivity (Wildman–Crippen MR) is 85.0 cm³/mol. The molecule has 0 unspecified atom stereocenters. The summed E-state index contributed by atoms with van der Waals surface area (Å²) in [6.45, 7) is 0. The Morgan fingerprint density at radius 1 is 0.560 bits per heavy atom. The molecule has 0 aromatic heterocycles. The van der Waals surface area contributed by atoms with Crippen LogP contribution in [-0.4, -0.2) is 44.8 Å². The molecule has 0 spiro atoms. The lowest BCUT2D eigenvalue weighted by Gasteiger charge is -1.86. The average Bonchev–Trinajstić information content (AvgIpc) is 3.06. The van der Waals surface area contributed by atoms with Crippen LogP contribution in [0.15, 0.2) is 48.5 Å². The van der Waals surface area contributed by atoms with Gasteiger partial charge in [-0.2, -0.15) is 0 Å². The minimum atomic E-state index is -0.550. The van der Waals surface area contributed by atoms with Crippen LogP contribution in [0.25, 0.3) is 0 Å². The standard InChI is InChI=1S/2C8H4O3.OSi2/c2*9-7-5-3-1-2-4-6(5)8(10)11-7;2-1-3/h2*1-4H;. The lowest BCUT2D eigenvalue weighted by atomic mass is 10.1. The number of esters is 4. The van der Waals surface area contributed by atoms with Gasteiger partial charge in [0.2, 0.25) is 21.0 Å². The number of benzene rings is 2. The molecule has 7 nitrogen and oxygen atoms in total. The fourth-order valence-corrected chi connectivity index (χ4v) is 2.07. The minimum Gasteiger partial charge on any atom is -0.458 e. The maximum absolute atomic E-state index is 10.8. The van der Waals surface area contributed by atoms with E-state index in [1.165, 1.54) is 0 Å². The van der Waals surface area contributed by atoms with Gasteiger partial charge in [-0.15, -0.1) is 0 Å². The lowest BCUT2D eigenvalue weighted by molar-refractivity contribution is 0.0425. The molecule has 2 heterocycles. The first kappa shape index (κ1) is 18.5. The lowest BCUT2D eigenvalue weighted by Crippen LogP contribution is -1.96. The molecular formula is C16H8O7Si2. The Labute approximate surface area is 149 Å². The molecule has 0 aliphatic carbocycles. The summed E-state index contributed by atoms with van der Waals surface area (Å²) >= 11 is 0. The number of cyclic esters (lactones) is 4. The SMILES string of the molecule is O=C1OC(=O)c2ccccc21.O=C1OC(=O)c2ccccc21.[Si]O[Si]. The van der Waals surface area contributed by atoms with Crippen LogP contribution in [0.4, 0.5) is 0 Å². The topological polar surface area (TPSA) is 96.0 Å². The van der Waals surface area contributed by atoms with Gasteiger partial charge in [0.1, 0.15) is 0 Å². The fourth-order valence-electron chi connectivity index (χ4n) is 2.07. The molecule has 0 bridgehead atoms. The molecule has 2 aromatic rings. The third kappa shape index (κ3) is 4.15. The zero-order valence-corrected chi connectivity index (χ0v) is 14.5. The minimum absolute atomic E-state index is 0.359. The van der Waals surface area contributed by atoms with Crippen LogP contribution in [0.2, 0.25) is 0 Å². The second-order valence-corrected chi connectivity index (χ2v) is 5.36. The third-order valence-electron chi connectivity index (χ3n) is 3.10. The van der Waals surface area contributed by atoms with Gasteiger partial charge >= 0.3 is 23.9 Å². The van der Waals surface area contributed by atoms with E-state index in [1.807, 2.05) is 0 Å². The van der Waals surface area contributed by atoms with Gasteiger partial charge in [0.05, 0.1) is 22.3 Å². The van der Waals surface area contributed by atoms with Crippen molar-refractivity contribution in [1.82, 2.24) is 0 Å². The van der Waals surface area contributed by atoms with Gasteiger partial charge in [0.25, 0.3) is 0 Å². The van der Waals surface area contributed by atoms with Crippen LogP contribution in [0.3, 0.4) is 0 Å². The second-order valence-electron chi connectivity index (χ2n) is 4.55. The van der Waals surface area contributed by atoms with Crippen LogP contribution in [-0.2, 0) is 13.6 Å². The highest BCUT2D eigenvalue weighted by Gasteiger charge is 2.29. The Balaban J connectivity index is 0.000000156. The molecular weight excluding hydrogens is 360 g/mol. The largest absolute Gasteiger partial charge is 0.458 e. The molecule has 0 N–H and O–H groups in total. The molecule has 2 aliphatic rings. The number of hydrogen-bond donors (Lipinski definition) is 0. The monoisotopic (exact) mass is 368 g/mol. The molecule has 6 radical (unpaired) electrons. The summed E-state index contributed by atoms with van der Waals surface area (Å²) in [7, 11) is 5.19. The van der Waals surface area contributed by atoms with Gasteiger partial charge in [0.15, 0.2) is 0 Å². The molecule has 0 fully saturated rings. The van der Waals surface area contributed by atoms with E-state index in [1.54, 1.807) is 48.5 Å². The molecule has 2 aliphatic heterocycles. The smallest absolute Gasteiger partial charge is 0.346 e. The van der Waals surface area contributed by atoms with Crippen molar-refractivity contribution in [2.45, 2.75) is 0 Å². The van der Waals surface area contributed by atoms with E-state index in [0.717, 1.165) is 0 Å². The molecule has 0 amide bonds. The zero-order valence-electron chi connectivity index (χ0n) is 12.5. The van der Waals surface area contributed by atoms with E-state index in [-0.39, 0.29) is 0 Å². The van der Waals surface area contributed by atoms with E-state index in [4.69, 9.17) is 0 Å². The number of carbonyl (C=O) groups excluding carboxylic acids is 4. The molecule has 4 rings (SSSR count). The third-order valence-corrected chi connectivity index (χ3v) is 3.10. The molecule has 2 aromatic carbocycles. The Bertz CT molecular complexity index is 712. The normalized spacial score (nSPS) is 13.5. The summed E-state index contributed by atoms with van der Waals surface area (Å²) in [4.78, 5) is 43.3. The van der Waals surface area contributed by atoms with Crippen molar-refractivity contribution in [2.24, 2.45) is 0 Å². The first-order valence-corrected chi connectivity index (χ1v) is 7.51. The number of fused-ring (bicyclic) bond motifs is 2. The molecule has 0 saturated heterocycles. The van der Waals surface area contributed by atoms with Gasteiger partial charge in [-0.1, -0.05) is 24.3 Å². The Kier molecular flexibility index (Phi) is 6.11. The van der Waals surface area contributed by atoms with Gasteiger partial charge in [0, 0.05) is 0 Å². The van der Waals surface area contributed by atoms with Crippen LogP contribution in [0.5, 0.6) is 0 Å². The van der Waals surface area contributed by atoms with E-state index >= 15 is 0 Å². The van der Waals surface area contributed by atoms with Crippen LogP contribution in [0, 0.1) is 0 Å². The molecule has 0 atom stereocenters. The second kappa shape index (κ2) is 8.28. The summed E-state index contributed by atoms with van der Waals surface area (Å²) in [5.74, 6) is -2.20. The molecule has 9 heteroatoms. The van der Waals surface area contributed by atoms with Crippen molar-refractivity contribution < 1.29 is 32.8 Å². The average molecular weight is 368 g/mol. The summed E-state index contributed by atoms with van der Waals surface area (Å²) in [6.07, 6.45) is 0. The zero-order chi connectivity index (χ0) is 18.4. The Hall–Kier alpha value is -2.89. The highest BCUT2D eigenvalue weighted by Crippen LogP contribution is 2.19. The van der Waals surface area contributed by atoms with Crippen molar-refractivity contribution in [3.8, 4) is 0 Å². The van der Waals surface area contributed by atoms with E-state index in [9.17, 15) is 19.2 Å². The van der Waals surface area contributed by atoms with Crippen LogP contribution < -0.4 is 0 Å². The summed E-state index contributed by atoms with van der Waals surface area (Å²) in [6, 6.07) is 13.1. The number of hydrogen-bond acceptors (Lipinski definition) is 7. The number of carbonyl (C=O) groups is 4. The first-order valence-electron chi connectivity index (χ1n) is 6.70. The van der Waals surface area contributed by atoms with Crippen LogP contribution >= 0.6 is 0 Å². The van der Waals surface area contributed by atoms with E-state index in [2.05, 4.69) is 34.6 Å². The molecule has 122 valence electrons. The predicted octanol–water partition coefficient (Wildman–Crippen LogP) is 1.16. The summed E-state index contributed by atoms with van der Waals surface area (Å²) in [5, 5.41) is 0. The van der Waals surface area contributed by atoms with Crippen molar-refractivity contribution >= 4 is 44.8 Å². The highest BCUT2D eigenvalue weighted by atomic mass is 28.3. The van der Waals surface area contributed by atoms with Gasteiger partial charge in [-0.3, -0.25) is 0 Å². The van der Waals surface area contributed by atoms with Crippen molar-refractivity contribution in [1.29, 1.82) is 0 Å². The molecule has 0 saturated carbocycles.